The van der Waals surface area contributed by atoms with Crippen molar-refractivity contribution < 1.29 is 13.2 Å². The number of nitrogens with zero attached hydrogens (tertiary/aromatic N) is 3. The number of carbonyl (C=O) groups is 1. The quantitative estimate of drug-likeness (QED) is 0.659. The van der Waals surface area contributed by atoms with Crippen molar-refractivity contribution >= 4 is 15.8 Å². The molecule has 0 atom stereocenters. The number of Topliss-reactive ketones (excluding diaryl/α,β-unsaturated/α-hetero) is 1. The Hall–Kier alpha value is -1.96. The first-order valence-electron chi connectivity index (χ1n) is 10.5. The smallest absolute Gasteiger partial charge is 0.218 e. The van der Waals surface area contributed by atoms with Gasteiger partial charge in [0.2, 0.25) is 10.0 Å². The summed E-state index contributed by atoms with van der Waals surface area (Å²) in [7, 11) is -3.35. The monoisotopic (exact) mass is 431 g/mol. The van der Waals surface area contributed by atoms with Crippen LogP contribution in [0.1, 0.15) is 48.1 Å². The fourth-order valence-electron chi connectivity index (χ4n) is 4.41. The van der Waals surface area contributed by atoms with Gasteiger partial charge in [-0.2, -0.15) is 4.31 Å². The Kier molecular flexibility index (Phi) is 6.55. The fraction of sp³-hybridized carbons (Fsp3) is 0.522. The highest BCUT2D eigenvalue weighted by atomic mass is 32.2. The van der Waals surface area contributed by atoms with Crippen LogP contribution in [0.2, 0.25) is 0 Å². The number of carbonyl (C=O) groups excluding carboxylic acids is 1. The third-order valence-electron chi connectivity index (χ3n) is 5.69. The summed E-state index contributed by atoms with van der Waals surface area (Å²) in [4.78, 5) is 15.0. The van der Waals surface area contributed by atoms with Crippen LogP contribution in [0.25, 0.3) is 0 Å². The summed E-state index contributed by atoms with van der Waals surface area (Å²) in [5.41, 5.74) is 3.56. The maximum atomic E-state index is 13.0. The summed E-state index contributed by atoms with van der Waals surface area (Å²) in [6, 6.07) is 11.2. The molecule has 0 bridgehead atoms. The van der Waals surface area contributed by atoms with Crippen molar-refractivity contribution in [3.63, 3.8) is 0 Å². The minimum atomic E-state index is -3.35. The van der Waals surface area contributed by atoms with Crippen LogP contribution in [-0.2, 0) is 21.3 Å². The molecule has 6 nitrogen and oxygen atoms in total. The summed E-state index contributed by atoms with van der Waals surface area (Å²) >= 11 is 0. The Morgan fingerprint density at radius 3 is 2.13 bits per heavy atom. The highest BCUT2D eigenvalue weighted by molar-refractivity contribution is 7.88. The van der Waals surface area contributed by atoms with Crippen LogP contribution in [0.3, 0.4) is 0 Å². The van der Waals surface area contributed by atoms with Crippen LogP contribution in [-0.4, -0.2) is 60.7 Å². The number of piperazine rings is 1. The van der Waals surface area contributed by atoms with Gasteiger partial charge in [-0.25, -0.2) is 8.42 Å². The average molecular weight is 432 g/mol. The minimum absolute atomic E-state index is 0.0194. The van der Waals surface area contributed by atoms with Gasteiger partial charge in [-0.05, 0) is 46.2 Å². The van der Waals surface area contributed by atoms with Crippen LogP contribution >= 0.6 is 0 Å². The SMILES string of the molecule is Cc1cc(C(=O)CN2CCN(S(=O)(=O)Cc3ccccc3)CC2)c(C)n1C(C)(C)C. The highest BCUT2D eigenvalue weighted by Gasteiger charge is 2.29. The number of rotatable bonds is 6. The van der Waals surface area contributed by atoms with E-state index in [1.54, 1.807) is 4.31 Å². The van der Waals surface area contributed by atoms with E-state index < -0.39 is 10.0 Å². The maximum absolute atomic E-state index is 13.0. The van der Waals surface area contributed by atoms with Crippen LogP contribution in [0.4, 0.5) is 0 Å². The number of aryl methyl sites for hydroxylation is 1. The van der Waals surface area contributed by atoms with E-state index in [0.717, 1.165) is 22.5 Å². The molecular formula is C23H33N3O3S. The predicted molar refractivity (Wildman–Crippen MR) is 120 cm³/mol. The first kappa shape index (κ1) is 22.7. The zero-order valence-electron chi connectivity index (χ0n) is 18.7. The summed E-state index contributed by atoms with van der Waals surface area (Å²) in [5, 5.41) is 0. The van der Waals surface area contributed by atoms with Gasteiger partial charge in [-0.1, -0.05) is 30.3 Å². The molecule has 0 aliphatic carbocycles. The van der Waals surface area contributed by atoms with E-state index in [-0.39, 0.29) is 17.1 Å². The van der Waals surface area contributed by atoms with Gasteiger partial charge in [0.05, 0.1) is 12.3 Å². The standard InChI is InChI=1S/C23H33N3O3S/c1-18-15-21(19(2)26(18)23(3,4)5)22(27)16-24-11-13-25(14-12-24)30(28,29)17-20-9-7-6-8-10-20/h6-10,15H,11-14,16-17H2,1-5H3. The lowest BCUT2D eigenvalue weighted by atomic mass is 10.1. The van der Waals surface area contributed by atoms with E-state index in [1.807, 2.05) is 50.2 Å². The zero-order valence-corrected chi connectivity index (χ0v) is 19.5. The third kappa shape index (κ3) is 5.02. The molecule has 1 aromatic heterocycles. The molecule has 0 radical (unpaired) electrons. The molecule has 0 spiro atoms. The van der Waals surface area contributed by atoms with Gasteiger partial charge in [-0.15, -0.1) is 0 Å². The van der Waals surface area contributed by atoms with Crippen molar-refractivity contribution in [2.24, 2.45) is 0 Å². The molecule has 0 saturated carbocycles. The van der Waals surface area contributed by atoms with Gasteiger partial charge in [0.25, 0.3) is 0 Å². The van der Waals surface area contributed by atoms with Crippen LogP contribution in [0.5, 0.6) is 0 Å². The van der Waals surface area contributed by atoms with Crippen LogP contribution in [0.15, 0.2) is 36.4 Å². The average Bonchev–Trinajstić information content (AvgIpc) is 2.97. The molecule has 1 aliphatic rings. The molecule has 164 valence electrons. The van der Waals surface area contributed by atoms with E-state index >= 15 is 0 Å². The molecular weight excluding hydrogens is 398 g/mol. The number of ketones is 1. The van der Waals surface area contributed by atoms with Gasteiger partial charge >= 0.3 is 0 Å². The highest BCUT2D eigenvalue weighted by Crippen LogP contribution is 2.25. The molecule has 30 heavy (non-hydrogen) atoms. The minimum Gasteiger partial charge on any atom is -0.343 e. The molecule has 2 heterocycles. The second-order valence-electron chi connectivity index (χ2n) is 9.13. The number of benzene rings is 1. The summed E-state index contributed by atoms with van der Waals surface area (Å²) in [6.45, 7) is 12.7. The second-order valence-corrected chi connectivity index (χ2v) is 11.1. The number of hydrogen-bond acceptors (Lipinski definition) is 4. The topological polar surface area (TPSA) is 62.6 Å². The molecule has 0 N–H and O–H groups in total. The number of aromatic nitrogens is 1. The van der Waals surface area contributed by atoms with Gasteiger partial charge in [0, 0.05) is 48.7 Å². The maximum Gasteiger partial charge on any atom is 0.218 e. The lowest BCUT2D eigenvalue weighted by molar-refractivity contribution is 0.0901. The van der Waals surface area contributed by atoms with Crippen molar-refractivity contribution in [2.75, 3.05) is 32.7 Å². The first-order chi connectivity index (χ1) is 14.0. The van der Waals surface area contributed by atoms with Crippen molar-refractivity contribution in [1.29, 1.82) is 0 Å². The molecule has 1 fully saturated rings. The van der Waals surface area contributed by atoms with E-state index in [1.165, 1.54) is 0 Å². The summed E-state index contributed by atoms with van der Waals surface area (Å²) < 4.78 is 29.2. The molecule has 7 heteroatoms. The number of sulfonamides is 1. The van der Waals surface area contributed by atoms with Gasteiger partial charge in [0.1, 0.15) is 0 Å². The van der Waals surface area contributed by atoms with Crippen molar-refractivity contribution in [3.05, 3.63) is 58.9 Å². The Morgan fingerprint density at radius 1 is 1.00 bits per heavy atom. The normalized spacial score (nSPS) is 16.7. The Labute approximate surface area is 180 Å². The summed E-state index contributed by atoms with van der Waals surface area (Å²) in [6.07, 6.45) is 0. The van der Waals surface area contributed by atoms with E-state index in [4.69, 9.17) is 0 Å². The molecule has 1 aliphatic heterocycles. The first-order valence-corrected chi connectivity index (χ1v) is 12.1. The molecule has 1 saturated heterocycles. The Bertz CT molecular complexity index is 996. The van der Waals surface area contributed by atoms with Crippen LogP contribution < -0.4 is 0 Å². The Balaban J connectivity index is 1.60. The third-order valence-corrected chi connectivity index (χ3v) is 7.54. The van der Waals surface area contributed by atoms with E-state index in [0.29, 0.717) is 32.7 Å². The zero-order chi connectivity index (χ0) is 22.1. The molecule has 1 aromatic carbocycles. The Morgan fingerprint density at radius 2 is 1.60 bits per heavy atom. The van der Waals surface area contributed by atoms with Crippen molar-refractivity contribution in [1.82, 2.24) is 13.8 Å². The van der Waals surface area contributed by atoms with Gasteiger partial charge in [0.15, 0.2) is 5.78 Å². The molecule has 3 rings (SSSR count). The molecule has 0 unspecified atom stereocenters. The van der Waals surface area contributed by atoms with E-state index in [2.05, 4.69) is 30.2 Å². The lowest BCUT2D eigenvalue weighted by Gasteiger charge is -2.33. The van der Waals surface area contributed by atoms with Crippen molar-refractivity contribution in [3.8, 4) is 0 Å². The van der Waals surface area contributed by atoms with E-state index in [9.17, 15) is 13.2 Å². The predicted octanol–water partition coefficient (Wildman–Crippen LogP) is 3.19. The second kappa shape index (κ2) is 8.65. The summed E-state index contributed by atoms with van der Waals surface area (Å²) in [5.74, 6) is 0.116. The van der Waals surface area contributed by atoms with Crippen molar-refractivity contribution in [2.45, 2.75) is 45.9 Å². The largest absolute Gasteiger partial charge is 0.343 e. The molecule has 0 amide bonds. The fourth-order valence-corrected chi connectivity index (χ4v) is 5.92. The molecule has 2 aromatic rings. The van der Waals surface area contributed by atoms with Crippen LogP contribution in [0, 0.1) is 13.8 Å². The lowest BCUT2D eigenvalue weighted by Crippen LogP contribution is -2.50. The number of hydrogen-bond donors (Lipinski definition) is 0. The van der Waals surface area contributed by atoms with Gasteiger partial charge < -0.3 is 4.57 Å². The van der Waals surface area contributed by atoms with Gasteiger partial charge in [-0.3, -0.25) is 9.69 Å².